The monoisotopic (exact) mass is 398 g/mol. The van der Waals surface area contributed by atoms with Gasteiger partial charge in [0.05, 0.1) is 6.61 Å². The minimum Gasteiger partial charge on any atom is -0.490 e. The number of amides is 1. The number of aromatic nitrogens is 1. The van der Waals surface area contributed by atoms with Gasteiger partial charge in [-0.2, -0.15) is 0 Å². The molecule has 0 unspecified atom stereocenters. The second-order valence-corrected chi connectivity index (χ2v) is 7.10. The predicted octanol–water partition coefficient (Wildman–Crippen LogP) is 3.84. The molecule has 1 aromatic heterocycles. The van der Waals surface area contributed by atoms with E-state index in [1.165, 1.54) is 12.1 Å². The van der Waals surface area contributed by atoms with E-state index in [2.05, 4.69) is 4.98 Å². The van der Waals surface area contributed by atoms with Crippen molar-refractivity contribution in [2.45, 2.75) is 25.4 Å². The van der Waals surface area contributed by atoms with Gasteiger partial charge in [0.15, 0.2) is 11.5 Å². The Kier molecular flexibility index (Phi) is 5.76. The zero-order valence-electron chi connectivity index (χ0n) is 16.3. The Bertz CT molecular complexity index is 978. The molecule has 152 valence electrons. The van der Waals surface area contributed by atoms with Crippen LogP contribution >= 0.6 is 0 Å². The molecule has 2 aromatic carbocycles. The van der Waals surface area contributed by atoms with Gasteiger partial charge < -0.3 is 18.8 Å². The zero-order valence-corrected chi connectivity index (χ0v) is 16.3. The standard InChI is InChI=1S/C22H23FN2O4/c1-27-13-10-21-24-19-7-2-15(14-20(19)29-21)22(26)25-11-8-18(9-12-25)28-17-5-3-16(23)4-6-17/h2-7,14,18H,8-13H2,1H3. The predicted molar refractivity (Wildman–Crippen MR) is 106 cm³/mol. The molecule has 0 spiro atoms. The van der Waals surface area contributed by atoms with Crippen LogP contribution < -0.4 is 4.74 Å². The first-order valence-electron chi connectivity index (χ1n) is 9.72. The fourth-order valence-corrected chi connectivity index (χ4v) is 3.47. The van der Waals surface area contributed by atoms with Gasteiger partial charge in [0, 0.05) is 45.0 Å². The molecule has 2 heterocycles. The molecule has 1 aliphatic heterocycles. The van der Waals surface area contributed by atoms with Crippen LogP contribution in [0.3, 0.4) is 0 Å². The third kappa shape index (κ3) is 4.56. The number of oxazole rings is 1. The summed E-state index contributed by atoms with van der Waals surface area (Å²) >= 11 is 0. The second-order valence-electron chi connectivity index (χ2n) is 7.10. The second kappa shape index (κ2) is 8.61. The number of carbonyl (C=O) groups excluding carboxylic acids is 1. The lowest BCUT2D eigenvalue weighted by molar-refractivity contribution is 0.0595. The van der Waals surface area contributed by atoms with Crippen LogP contribution in [-0.2, 0) is 11.2 Å². The summed E-state index contributed by atoms with van der Waals surface area (Å²) in [6.45, 7) is 1.75. The molecule has 1 amide bonds. The molecule has 7 heteroatoms. The number of hydrogen-bond acceptors (Lipinski definition) is 5. The van der Waals surface area contributed by atoms with Crippen LogP contribution in [0.1, 0.15) is 29.1 Å². The number of nitrogens with zero attached hydrogens (tertiary/aromatic N) is 2. The molecule has 1 aliphatic rings. The summed E-state index contributed by atoms with van der Waals surface area (Å²) < 4.78 is 29.7. The van der Waals surface area contributed by atoms with Gasteiger partial charge >= 0.3 is 0 Å². The number of piperidine rings is 1. The Morgan fingerprint density at radius 1 is 1.21 bits per heavy atom. The number of likely N-dealkylation sites (tertiary alicyclic amines) is 1. The molecule has 1 saturated heterocycles. The van der Waals surface area contributed by atoms with Gasteiger partial charge in [-0.05, 0) is 42.5 Å². The summed E-state index contributed by atoms with van der Waals surface area (Å²) in [4.78, 5) is 19.1. The number of ether oxygens (including phenoxy) is 2. The maximum Gasteiger partial charge on any atom is 0.253 e. The average molecular weight is 398 g/mol. The number of carbonyl (C=O) groups is 1. The zero-order chi connectivity index (χ0) is 20.2. The number of methoxy groups -OCH3 is 1. The Morgan fingerprint density at radius 3 is 2.69 bits per heavy atom. The van der Waals surface area contributed by atoms with E-state index >= 15 is 0 Å². The Balaban J connectivity index is 1.36. The molecule has 1 fully saturated rings. The number of rotatable bonds is 6. The molecule has 6 nitrogen and oxygen atoms in total. The minimum atomic E-state index is -0.285. The first kappa shape index (κ1) is 19.4. The van der Waals surface area contributed by atoms with Crippen molar-refractivity contribution in [2.75, 3.05) is 26.8 Å². The van der Waals surface area contributed by atoms with Gasteiger partial charge in [-0.25, -0.2) is 9.37 Å². The SMILES string of the molecule is COCCc1nc2ccc(C(=O)N3CCC(Oc4ccc(F)cc4)CC3)cc2o1. The van der Waals surface area contributed by atoms with E-state index in [-0.39, 0.29) is 17.8 Å². The third-order valence-electron chi connectivity index (χ3n) is 5.05. The molecule has 29 heavy (non-hydrogen) atoms. The summed E-state index contributed by atoms with van der Waals surface area (Å²) in [6.07, 6.45) is 2.07. The van der Waals surface area contributed by atoms with Gasteiger partial charge in [-0.15, -0.1) is 0 Å². The van der Waals surface area contributed by atoms with E-state index in [0.717, 1.165) is 18.4 Å². The summed E-state index contributed by atoms with van der Waals surface area (Å²) in [6, 6.07) is 11.4. The highest BCUT2D eigenvalue weighted by atomic mass is 19.1. The van der Waals surface area contributed by atoms with E-state index in [1.54, 1.807) is 31.4 Å². The first-order chi connectivity index (χ1) is 14.1. The van der Waals surface area contributed by atoms with Crippen molar-refractivity contribution >= 4 is 17.0 Å². The Labute approximate surface area is 168 Å². The van der Waals surface area contributed by atoms with Crippen LogP contribution in [0.15, 0.2) is 46.9 Å². The Hall–Kier alpha value is -2.93. The van der Waals surface area contributed by atoms with Crippen molar-refractivity contribution in [3.63, 3.8) is 0 Å². The van der Waals surface area contributed by atoms with Gasteiger partial charge in [-0.1, -0.05) is 0 Å². The van der Waals surface area contributed by atoms with Crippen LogP contribution in [0, 0.1) is 5.82 Å². The van der Waals surface area contributed by atoms with E-state index in [1.807, 2.05) is 11.0 Å². The van der Waals surface area contributed by atoms with E-state index in [4.69, 9.17) is 13.9 Å². The maximum atomic E-state index is 13.0. The number of hydrogen-bond donors (Lipinski definition) is 0. The van der Waals surface area contributed by atoms with Crippen molar-refractivity contribution < 1.29 is 23.1 Å². The fraction of sp³-hybridized carbons (Fsp3) is 0.364. The van der Waals surface area contributed by atoms with Gasteiger partial charge in [0.2, 0.25) is 0 Å². The minimum absolute atomic E-state index is 0.0182. The highest BCUT2D eigenvalue weighted by Gasteiger charge is 2.25. The van der Waals surface area contributed by atoms with Crippen molar-refractivity contribution in [2.24, 2.45) is 0 Å². The van der Waals surface area contributed by atoms with Gasteiger partial charge in [0.25, 0.3) is 5.91 Å². The number of halogens is 1. The highest BCUT2D eigenvalue weighted by molar-refractivity contribution is 5.97. The highest BCUT2D eigenvalue weighted by Crippen LogP contribution is 2.22. The lowest BCUT2D eigenvalue weighted by Gasteiger charge is -2.32. The van der Waals surface area contributed by atoms with E-state index in [0.29, 0.717) is 48.9 Å². The molecular weight excluding hydrogens is 375 g/mol. The van der Waals surface area contributed by atoms with Gasteiger partial charge in [0.1, 0.15) is 23.2 Å². The van der Waals surface area contributed by atoms with Crippen LogP contribution in [0.2, 0.25) is 0 Å². The maximum absolute atomic E-state index is 13.0. The molecule has 0 atom stereocenters. The van der Waals surface area contributed by atoms with E-state index in [9.17, 15) is 9.18 Å². The summed E-state index contributed by atoms with van der Waals surface area (Å²) in [5, 5.41) is 0. The Morgan fingerprint density at radius 2 is 1.97 bits per heavy atom. The fourth-order valence-electron chi connectivity index (χ4n) is 3.47. The van der Waals surface area contributed by atoms with Crippen molar-refractivity contribution in [3.05, 3.63) is 59.7 Å². The van der Waals surface area contributed by atoms with Crippen LogP contribution in [0.5, 0.6) is 5.75 Å². The summed E-state index contributed by atoms with van der Waals surface area (Å²) in [7, 11) is 1.63. The van der Waals surface area contributed by atoms with Crippen molar-refractivity contribution in [1.82, 2.24) is 9.88 Å². The molecule has 0 N–H and O–H groups in total. The smallest absolute Gasteiger partial charge is 0.253 e. The normalized spacial score (nSPS) is 15.0. The molecule has 4 rings (SSSR count). The van der Waals surface area contributed by atoms with Crippen molar-refractivity contribution in [1.29, 1.82) is 0 Å². The van der Waals surface area contributed by atoms with Crippen LogP contribution in [-0.4, -0.2) is 48.7 Å². The lowest BCUT2D eigenvalue weighted by atomic mass is 10.1. The molecule has 0 bridgehead atoms. The summed E-state index contributed by atoms with van der Waals surface area (Å²) in [5.41, 5.74) is 1.93. The quantitative estimate of drug-likeness (QED) is 0.631. The topological polar surface area (TPSA) is 64.8 Å². The molecule has 0 radical (unpaired) electrons. The molecular formula is C22H23FN2O4. The number of benzene rings is 2. The average Bonchev–Trinajstić information content (AvgIpc) is 3.16. The lowest BCUT2D eigenvalue weighted by Crippen LogP contribution is -2.41. The van der Waals surface area contributed by atoms with Gasteiger partial charge in [-0.3, -0.25) is 4.79 Å². The van der Waals surface area contributed by atoms with E-state index < -0.39 is 0 Å². The number of fused-ring (bicyclic) bond motifs is 1. The van der Waals surface area contributed by atoms with Crippen molar-refractivity contribution in [3.8, 4) is 5.75 Å². The van der Waals surface area contributed by atoms with Crippen LogP contribution in [0.25, 0.3) is 11.1 Å². The third-order valence-corrected chi connectivity index (χ3v) is 5.05. The molecule has 0 saturated carbocycles. The molecule has 3 aromatic rings. The largest absolute Gasteiger partial charge is 0.490 e. The first-order valence-corrected chi connectivity index (χ1v) is 9.72. The van der Waals surface area contributed by atoms with Crippen LogP contribution in [0.4, 0.5) is 4.39 Å². The summed E-state index contributed by atoms with van der Waals surface area (Å²) in [5.74, 6) is 0.940. The molecule has 0 aliphatic carbocycles.